The van der Waals surface area contributed by atoms with Gasteiger partial charge in [0.25, 0.3) is 0 Å². The Labute approximate surface area is 75.1 Å². The molecule has 0 aliphatic heterocycles. The van der Waals surface area contributed by atoms with E-state index in [2.05, 4.69) is 15.5 Å². The van der Waals surface area contributed by atoms with E-state index in [0.717, 1.165) is 5.39 Å². The van der Waals surface area contributed by atoms with Crippen LogP contribution in [0.2, 0.25) is 5.39 Å². The molecular weight excluding hydrogens is 252 g/mol. The van der Waals surface area contributed by atoms with Gasteiger partial charge in [-0.3, -0.25) is 0 Å². The summed E-state index contributed by atoms with van der Waals surface area (Å²) in [5, 5.41) is 0.788. The average molecular weight is 260 g/mol. The number of halogens is 6. The van der Waals surface area contributed by atoms with Crippen molar-refractivity contribution in [1.82, 2.24) is 0 Å². The van der Waals surface area contributed by atoms with Gasteiger partial charge in [0, 0.05) is 0 Å². The zero-order chi connectivity index (χ0) is 10.5. The van der Waals surface area contributed by atoms with Crippen LogP contribution in [0.3, 0.4) is 0 Å². The van der Waals surface area contributed by atoms with Crippen molar-refractivity contribution in [1.29, 1.82) is 0 Å². The van der Waals surface area contributed by atoms with Gasteiger partial charge in [-0.15, -0.1) is 0 Å². The van der Waals surface area contributed by atoms with Gasteiger partial charge in [-0.2, -0.15) is 0 Å². The molecule has 12 heavy (non-hydrogen) atoms. The Morgan fingerprint density at radius 1 is 1.17 bits per heavy atom. The topological polar surface area (TPSA) is 0 Å². The second-order valence-electron chi connectivity index (χ2n) is 1.66. The molecule has 81 valence electrons. The number of allylic oxidation sites excluding steroid dienone is 2. The van der Waals surface area contributed by atoms with Crippen molar-refractivity contribution in [2.45, 2.75) is 12.3 Å². The van der Waals surface area contributed by atoms with E-state index in [-0.39, 0.29) is 1.43 Å². The molecule has 0 nitrogen and oxygen atoms in total. The molecule has 0 N–H and O–H groups in total. The van der Waals surface area contributed by atoms with E-state index in [1.807, 2.05) is 19.1 Å². The zero-order valence-corrected chi connectivity index (χ0v) is 7.78. The van der Waals surface area contributed by atoms with E-state index in [9.17, 15) is 25.2 Å². The summed E-state index contributed by atoms with van der Waals surface area (Å²) in [4.78, 5) is 0. The Bertz CT molecular complexity index is 146. The van der Waals surface area contributed by atoms with Crippen molar-refractivity contribution in [2.24, 2.45) is 0 Å². The van der Waals surface area contributed by atoms with Crippen LogP contribution in [0.1, 0.15) is 8.35 Å². The summed E-state index contributed by atoms with van der Waals surface area (Å²) >= 11 is 4.32. The maximum atomic E-state index is 9.87. The van der Waals surface area contributed by atoms with Crippen LogP contribution in [0.5, 0.6) is 0 Å². The predicted molar refractivity (Wildman–Crippen MR) is 34.3 cm³/mol. The van der Waals surface area contributed by atoms with E-state index < -0.39 is 7.81 Å². The van der Waals surface area contributed by atoms with Crippen molar-refractivity contribution in [3.8, 4) is 0 Å². The second kappa shape index (κ2) is 3.54. The largest absolute Gasteiger partial charge is 1.00 e. The molecule has 0 spiro atoms. The maximum absolute atomic E-state index is 10.7. The SMILES string of the molecule is CC=C[CH2][Ni].F[P-](F)(F)(F)(F)F.[H+]. The molecule has 0 aliphatic carbocycles. The quantitative estimate of drug-likeness (QED) is 0.268. The first-order chi connectivity index (χ1) is 4.86. The average Bonchev–Trinajstić information content (AvgIpc) is 1.58. The third-order valence-electron chi connectivity index (χ3n) is 0.310. The minimum absolute atomic E-state index is 0. The van der Waals surface area contributed by atoms with Crippen LogP contribution in [0.25, 0.3) is 0 Å². The predicted octanol–water partition coefficient (Wildman–Crippen LogP) is 5.02. The fourth-order valence-electron chi connectivity index (χ4n) is 0.0745. The fraction of sp³-hybridized carbons (Fsp3) is 0.500. The van der Waals surface area contributed by atoms with Gasteiger partial charge in [0.05, 0.1) is 0 Å². The Hall–Kier alpha value is 0.244. The standard InChI is InChI=1S/C4H7.F6P.Ni/c1-3-4-2;1-7(2,3,4,5)6;/h3-4H,1H2,2H3;;/q;-1;/p+1. The Balaban J connectivity index is -0.000000150. The molecule has 0 rings (SSSR count). The maximum Gasteiger partial charge on any atom is 1.00 e. The van der Waals surface area contributed by atoms with Crippen LogP contribution in [0.15, 0.2) is 12.2 Å². The third kappa shape index (κ3) is 174. The molecule has 0 aromatic rings. The smallest absolute Gasteiger partial charge is 1.00 e. The molecule has 0 amide bonds. The Kier molecular flexibility index (Phi) is 4.36. The monoisotopic (exact) mass is 259 g/mol. The summed E-state index contributed by atoms with van der Waals surface area (Å²) in [5.74, 6) is 0. The molecular formula is C4H8F6NiP. The van der Waals surface area contributed by atoms with Gasteiger partial charge >= 0.3 is 74.3 Å². The van der Waals surface area contributed by atoms with E-state index >= 15 is 0 Å². The van der Waals surface area contributed by atoms with E-state index in [4.69, 9.17) is 0 Å². The third-order valence-corrected chi connectivity index (χ3v) is 0.543. The first kappa shape index (κ1) is 14.8. The van der Waals surface area contributed by atoms with Gasteiger partial charge in [-0.1, -0.05) is 0 Å². The molecule has 0 saturated heterocycles. The van der Waals surface area contributed by atoms with Crippen molar-refractivity contribution >= 4 is 7.81 Å². The number of hydrogen-bond donors (Lipinski definition) is 0. The first-order valence-corrected chi connectivity index (χ1v) is 5.28. The summed E-state index contributed by atoms with van der Waals surface area (Å²) in [6.07, 6.45) is 3.92. The molecule has 0 heterocycles. The van der Waals surface area contributed by atoms with Crippen molar-refractivity contribution < 1.29 is 42.1 Å². The Morgan fingerprint density at radius 2 is 1.42 bits per heavy atom. The van der Waals surface area contributed by atoms with E-state index in [0.29, 0.717) is 0 Å². The summed E-state index contributed by atoms with van der Waals surface area (Å²) in [6, 6.07) is 0. The molecule has 0 bridgehead atoms. The van der Waals surface area contributed by atoms with E-state index in [1.165, 1.54) is 0 Å². The summed E-state index contributed by atoms with van der Waals surface area (Å²) in [7, 11) is -10.7. The van der Waals surface area contributed by atoms with Crippen molar-refractivity contribution in [3.05, 3.63) is 12.2 Å². The molecule has 0 unspecified atom stereocenters. The minimum atomic E-state index is -10.7. The van der Waals surface area contributed by atoms with Crippen LogP contribution in [0, 0.1) is 0 Å². The van der Waals surface area contributed by atoms with Gasteiger partial charge < -0.3 is 0 Å². The first-order valence-electron chi connectivity index (χ1n) is 2.56. The van der Waals surface area contributed by atoms with Crippen LogP contribution in [-0.2, 0) is 15.5 Å². The molecule has 0 aromatic carbocycles. The normalized spacial score (nSPS) is 17.8. The van der Waals surface area contributed by atoms with Gasteiger partial charge in [0.2, 0.25) is 0 Å². The molecule has 0 radical (unpaired) electrons. The van der Waals surface area contributed by atoms with Gasteiger partial charge in [-0.05, 0) is 0 Å². The number of hydrogen-bond acceptors (Lipinski definition) is 0. The second-order valence-corrected chi connectivity index (χ2v) is 3.98. The summed E-state index contributed by atoms with van der Waals surface area (Å²) in [6.45, 7) is 1.97. The molecule has 8 heteroatoms. The van der Waals surface area contributed by atoms with Crippen LogP contribution >= 0.6 is 7.81 Å². The van der Waals surface area contributed by atoms with Crippen molar-refractivity contribution in [2.75, 3.05) is 0 Å². The van der Waals surface area contributed by atoms with Crippen LogP contribution in [-0.4, -0.2) is 0 Å². The molecule has 0 saturated carbocycles. The van der Waals surface area contributed by atoms with Gasteiger partial charge in [0.15, 0.2) is 0 Å². The molecule has 0 fully saturated rings. The Morgan fingerprint density at radius 3 is 1.42 bits per heavy atom. The zero-order valence-electron chi connectivity index (χ0n) is 6.89. The molecule has 0 aliphatic rings. The van der Waals surface area contributed by atoms with Crippen molar-refractivity contribution in [3.63, 3.8) is 0 Å². The molecule has 0 atom stereocenters. The number of rotatable bonds is 1. The minimum Gasteiger partial charge on any atom is 1.00 e. The van der Waals surface area contributed by atoms with Gasteiger partial charge in [0.1, 0.15) is 0 Å². The molecule has 0 aromatic heterocycles. The summed E-state index contributed by atoms with van der Waals surface area (Å²) in [5.41, 5.74) is 0. The van der Waals surface area contributed by atoms with Crippen LogP contribution < -0.4 is 0 Å². The fourth-order valence-corrected chi connectivity index (χ4v) is 0.307. The van der Waals surface area contributed by atoms with Crippen LogP contribution in [0.4, 0.5) is 25.2 Å². The van der Waals surface area contributed by atoms with Gasteiger partial charge in [-0.25, -0.2) is 0 Å². The van der Waals surface area contributed by atoms with E-state index in [1.54, 1.807) is 0 Å². The summed E-state index contributed by atoms with van der Waals surface area (Å²) < 4.78 is 59.2.